The minimum Gasteiger partial charge on any atom is -0.511 e. The Hall–Kier alpha value is -2.69. The lowest BCUT2D eigenvalue weighted by Gasteiger charge is -2.05. The summed E-state index contributed by atoms with van der Waals surface area (Å²) in [7, 11) is 0. The Labute approximate surface area is 112 Å². The number of aliphatic carboxylic acids is 1. The van der Waals surface area contributed by atoms with Crippen LogP contribution in [0.4, 0.5) is 18.9 Å². The van der Waals surface area contributed by atoms with Crippen LogP contribution in [-0.2, 0) is 11.0 Å². The lowest BCUT2D eigenvalue weighted by molar-refractivity contribution is -0.137. The Kier molecular flexibility index (Phi) is 6.09. The zero-order valence-electron chi connectivity index (χ0n) is 10.3. The van der Waals surface area contributed by atoms with Gasteiger partial charge in [-0.1, -0.05) is 0 Å². The van der Waals surface area contributed by atoms with Crippen LogP contribution in [0.25, 0.3) is 0 Å². The van der Waals surface area contributed by atoms with E-state index in [4.69, 9.17) is 21.2 Å². The molecule has 20 heavy (non-hydrogen) atoms. The number of hydrogen-bond donors (Lipinski definition) is 3. The number of aliphatic hydroxyl groups excluding tert-OH is 1. The third-order valence-corrected chi connectivity index (χ3v) is 1.93. The second-order valence-electron chi connectivity index (χ2n) is 3.50. The first kappa shape index (κ1) is 17.3. The van der Waals surface area contributed by atoms with Crippen molar-refractivity contribution in [2.75, 3.05) is 5.73 Å². The van der Waals surface area contributed by atoms with Crippen LogP contribution < -0.4 is 5.73 Å². The summed E-state index contributed by atoms with van der Waals surface area (Å²) >= 11 is 0. The predicted molar refractivity (Wildman–Crippen MR) is 64.4 cm³/mol. The van der Waals surface area contributed by atoms with Gasteiger partial charge in [0.1, 0.15) is 11.8 Å². The van der Waals surface area contributed by atoms with Crippen molar-refractivity contribution in [2.24, 2.45) is 0 Å². The van der Waals surface area contributed by atoms with Gasteiger partial charge in [0.2, 0.25) is 0 Å². The standard InChI is InChI=1S/C7H6F3N.C5H5NO3/c8-7(9,10)5-1-3-6(11)4-2-5;1-3(7)4(2-6)5(8)9/h1-4H,11H2;7H,1H3,(H,8,9)/b;4-3-. The van der Waals surface area contributed by atoms with Gasteiger partial charge in [0.25, 0.3) is 0 Å². The highest BCUT2D eigenvalue weighted by Crippen LogP contribution is 2.29. The van der Waals surface area contributed by atoms with Gasteiger partial charge in [-0.2, -0.15) is 18.4 Å². The van der Waals surface area contributed by atoms with Crippen molar-refractivity contribution in [1.29, 1.82) is 5.26 Å². The van der Waals surface area contributed by atoms with E-state index >= 15 is 0 Å². The largest absolute Gasteiger partial charge is 0.511 e. The fourth-order valence-electron chi connectivity index (χ4n) is 0.956. The molecule has 1 aromatic rings. The van der Waals surface area contributed by atoms with Gasteiger partial charge in [-0.05, 0) is 31.2 Å². The molecule has 0 bridgehead atoms. The van der Waals surface area contributed by atoms with Gasteiger partial charge in [0.15, 0.2) is 5.57 Å². The Morgan fingerprint density at radius 2 is 1.70 bits per heavy atom. The average Bonchev–Trinajstić information content (AvgIpc) is 2.28. The SMILES string of the molecule is C/C(O)=C(\C#N)C(=O)O.Nc1ccc(C(F)(F)F)cc1. The minimum atomic E-state index is -4.27. The third kappa shape index (κ3) is 5.77. The summed E-state index contributed by atoms with van der Waals surface area (Å²) in [6.07, 6.45) is -4.27. The fraction of sp³-hybridized carbons (Fsp3) is 0.167. The Bertz CT molecular complexity index is 539. The normalized spacial score (nSPS) is 11.6. The number of nitrogen functional groups attached to an aromatic ring is 1. The molecule has 0 fully saturated rings. The summed E-state index contributed by atoms with van der Waals surface area (Å²) in [6.45, 7) is 1.15. The maximum Gasteiger partial charge on any atom is 0.416 e. The number of allylic oxidation sites excluding steroid dienone is 1. The molecule has 8 heteroatoms. The van der Waals surface area contributed by atoms with E-state index in [1.54, 1.807) is 0 Å². The summed E-state index contributed by atoms with van der Waals surface area (Å²) in [6, 6.07) is 5.69. The first-order valence-electron chi connectivity index (χ1n) is 5.05. The van der Waals surface area contributed by atoms with Crippen molar-refractivity contribution in [3.05, 3.63) is 41.2 Å². The highest BCUT2D eigenvalue weighted by Gasteiger charge is 2.29. The van der Waals surface area contributed by atoms with E-state index in [1.165, 1.54) is 18.2 Å². The van der Waals surface area contributed by atoms with Crippen molar-refractivity contribution in [3.8, 4) is 6.07 Å². The molecule has 0 aliphatic heterocycles. The van der Waals surface area contributed by atoms with Gasteiger partial charge in [0.05, 0.1) is 5.56 Å². The van der Waals surface area contributed by atoms with Crippen LogP contribution in [0.15, 0.2) is 35.6 Å². The van der Waals surface area contributed by atoms with E-state index in [9.17, 15) is 18.0 Å². The number of halogens is 3. The van der Waals surface area contributed by atoms with Crippen LogP contribution in [0.5, 0.6) is 0 Å². The molecular weight excluding hydrogens is 277 g/mol. The zero-order valence-corrected chi connectivity index (χ0v) is 10.3. The van der Waals surface area contributed by atoms with Gasteiger partial charge in [-0.25, -0.2) is 4.79 Å². The van der Waals surface area contributed by atoms with Crippen LogP contribution in [-0.4, -0.2) is 16.2 Å². The molecule has 0 amide bonds. The molecule has 0 spiro atoms. The molecule has 108 valence electrons. The summed E-state index contributed by atoms with van der Waals surface area (Å²) < 4.78 is 35.6. The molecule has 0 unspecified atom stereocenters. The Morgan fingerprint density at radius 3 is 1.90 bits per heavy atom. The summed E-state index contributed by atoms with van der Waals surface area (Å²) in [5.74, 6) is -1.87. The van der Waals surface area contributed by atoms with Crippen LogP contribution in [0.1, 0.15) is 12.5 Å². The number of nitrogens with zero attached hydrogens (tertiary/aromatic N) is 1. The molecule has 0 atom stereocenters. The van der Waals surface area contributed by atoms with Crippen LogP contribution >= 0.6 is 0 Å². The monoisotopic (exact) mass is 288 g/mol. The number of nitrogens with two attached hydrogens (primary N) is 1. The smallest absolute Gasteiger partial charge is 0.416 e. The van der Waals surface area contributed by atoms with E-state index in [0.717, 1.165) is 19.1 Å². The minimum absolute atomic E-state index is 0.331. The molecule has 5 nitrogen and oxygen atoms in total. The molecule has 0 aromatic heterocycles. The topological polar surface area (TPSA) is 107 Å². The van der Waals surface area contributed by atoms with Crippen LogP contribution in [0.3, 0.4) is 0 Å². The second-order valence-corrected chi connectivity index (χ2v) is 3.50. The van der Waals surface area contributed by atoms with Gasteiger partial charge in [-0.15, -0.1) is 0 Å². The predicted octanol–water partition coefficient (Wildman–Crippen LogP) is 2.71. The summed E-state index contributed by atoms with van der Waals surface area (Å²) in [5, 5.41) is 24.6. The van der Waals surface area contributed by atoms with Crippen molar-refractivity contribution in [3.63, 3.8) is 0 Å². The molecule has 4 N–H and O–H groups in total. The maximum atomic E-state index is 11.9. The first-order chi connectivity index (χ1) is 9.09. The number of aliphatic hydroxyl groups is 1. The molecule has 0 saturated carbocycles. The molecule has 1 aromatic carbocycles. The third-order valence-electron chi connectivity index (χ3n) is 1.93. The number of nitriles is 1. The Morgan fingerprint density at radius 1 is 1.25 bits per heavy atom. The van der Waals surface area contributed by atoms with E-state index < -0.39 is 29.0 Å². The van der Waals surface area contributed by atoms with E-state index in [2.05, 4.69) is 0 Å². The van der Waals surface area contributed by atoms with Gasteiger partial charge < -0.3 is 15.9 Å². The molecule has 0 aliphatic rings. The van der Waals surface area contributed by atoms with E-state index in [-0.39, 0.29) is 0 Å². The average molecular weight is 288 g/mol. The maximum absolute atomic E-state index is 11.9. The quantitative estimate of drug-likeness (QED) is 0.319. The van der Waals surface area contributed by atoms with Crippen LogP contribution in [0.2, 0.25) is 0 Å². The Balaban J connectivity index is 0.000000370. The van der Waals surface area contributed by atoms with Gasteiger partial charge in [-0.3, -0.25) is 0 Å². The number of alkyl halides is 3. The number of benzene rings is 1. The second kappa shape index (κ2) is 7.04. The summed E-state index contributed by atoms with van der Waals surface area (Å²) in [4.78, 5) is 9.93. The highest BCUT2D eigenvalue weighted by atomic mass is 19.4. The van der Waals surface area contributed by atoms with Crippen molar-refractivity contribution < 1.29 is 28.2 Å². The molecule has 0 saturated heterocycles. The van der Waals surface area contributed by atoms with E-state index in [1.807, 2.05) is 0 Å². The lowest BCUT2D eigenvalue weighted by atomic mass is 10.2. The van der Waals surface area contributed by atoms with Crippen LogP contribution in [0, 0.1) is 11.3 Å². The highest BCUT2D eigenvalue weighted by molar-refractivity contribution is 5.91. The summed E-state index contributed by atoms with van der Waals surface area (Å²) in [5.41, 5.74) is 4.24. The number of hydrogen-bond acceptors (Lipinski definition) is 4. The van der Waals surface area contributed by atoms with Gasteiger partial charge >= 0.3 is 12.1 Å². The van der Waals surface area contributed by atoms with Crippen molar-refractivity contribution >= 4 is 11.7 Å². The molecule has 1 rings (SSSR count). The number of carbonyl (C=O) groups is 1. The zero-order chi connectivity index (χ0) is 15.9. The molecule has 0 heterocycles. The van der Waals surface area contributed by atoms with Gasteiger partial charge in [0, 0.05) is 5.69 Å². The van der Waals surface area contributed by atoms with Crippen molar-refractivity contribution in [2.45, 2.75) is 13.1 Å². The number of carboxylic acids is 1. The number of carboxylic acid groups (broad SMARTS) is 1. The molecular formula is C12H11F3N2O3. The van der Waals surface area contributed by atoms with E-state index in [0.29, 0.717) is 5.69 Å². The molecule has 0 radical (unpaired) electrons. The lowest BCUT2D eigenvalue weighted by Crippen LogP contribution is -2.04. The first-order valence-corrected chi connectivity index (χ1v) is 5.05. The number of rotatable bonds is 1. The van der Waals surface area contributed by atoms with Crippen molar-refractivity contribution in [1.82, 2.24) is 0 Å². The number of anilines is 1. The fourth-order valence-corrected chi connectivity index (χ4v) is 0.956. The molecule has 0 aliphatic carbocycles.